The molecule has 4 atom stereocenters. The van der Waals surface area contributed by atoms with Gasteiger partial charge in [-0.2, -0.15) is 0 Å². The van der Waals surface area contributed by atoms with Gasteiger partial charge in [0.1, 0.15) is 12.2 Å². The molecule has 2 bridgehead atoms. The van der Waals surface area contributed by atoms with Crippen molar-refractivity contribution in [2.45, 2.75) is 40.1 Å². The van der Waals surface area contributed by atoms with Crippen LogP contribution in [0.25, 0.3) is 0 Å². The normalized spacial score (nSPS) is 25.3. The number of benzene rings is 2. The number of thioether (sulfide) groups is 2. The van der Waals surface area contributed by atoms with E-state index in [-0.39, 0.29) is 23.4 Å². The fraction of sp³-hybridized carbons (Fsp3) is 0.269. The Morgan fingerprint density at radius 3 is 2.32 bits per heavy atom. The molecule has 2 aromatic carbocycles. The smallest absolute Gasteiger partial charge is 0.310 e. The predicted molar refractivity (Wildman–Crippen MR) is 139 cm³/mol. The zero-order valence-electron chi connectivity index (χ0n) is 19.7. The lowest BCUT2D eigenvalue weighted by atomic mass is 9.74. The number of hydrogen-bond acceptors (Lipinski definition) is 9. The van der Waals surface area contributed by atoms with E-state index in [1.807, 2.05) is 5.41 Å². The van der Waals surface area contributed by atoms with Crippen LogP contribution >= 0.6 is 23.5 Å². The van der Waals surface area contributed by atoms with Crippen molar-refractivity contribution in [3.8, 4) is 0 Å². The molecule has 0 N–H and O–H groups in total. The van der Waals surface area contributed by atoms with E-state index in [1.165, 1.54) is 42.8 Å². The Bertz CT molecular complexity index is 1390. The van der Waals surface area contributed by atoms with Gasteiger partial charge in [0.05, 0.1) is 32.7 Å². The van der Waals surface area contributed by atoms with Gasteiger partial charge in [-0.3, -0.25) is 25.0 Å². The SMILES string of the molecule is C=C1/C(=C/Sc2ccccc2[N+](=O)[O-])[C@@H]2O[C@H]1C1=C2CC[C@H](C(=O)OC)[C@@H]1Sc1ccccc1[N+](=O)[O-]. The fourth-order valence-corrected chi connectivity index (χ4v) is 7.56. The maximum Gasteiger partial charge on any atom is 0.310 e. The minimum Gasteiger partial charge on any atom is -0.469 e. The number of rotatable bonds is 7. The second kappa shape index (κ2) is 10.2. The molecule has 1 fully saturated rings. The summed E-state index contributed by atoms with van der Waals surface area (Å²) in [5.74, 6) is -0.850. The summed E-state index contributed by atoms with van der Waals surface area (Å²) in [5, 5.41) is 24.5. The van der Waals surface area contributed by atoms with Crippen LogP contribution in [0, 0.1) is 26.1 Å². The molecule has 2 heterocycles. The maximum atomic E-state index is 12.7. The predicted octanol–water partition coefficient (Wildman–Crippen LogP) is 5.86. The number of methoxy groups -OCH3 is 1. The summed E-state index contributed by atoms with van der Waals surface area (Å²) < 4.78 is 11.4. The highest BCUT2D eigenvalue weighted by atomic mass is 32.2. The second-order valence-electron chi connectivity index (χ2n) is 8.75. The molecule has 5 rings (SSSR count). The van der Waals surface area contributed by atoms with Gasteiger partial charge in [0.15, 0.2) is 0 Å². The molecule has 2 aliphatic heterocycles. The summed E-state index contributed by atoms with van der Waals surface area (Å²) in [6.45, 7) is 4.25. The van der Waals surface area contributed by atoms with Crippen molar-refractivity contribution in [3.05, 3.63) is 103 Å². The highest BCUT2D eigenvalue weighted by molar-refractivity contribution is 8.02. The molecule has 0 aromatic heterocycles. The number of nitro groups is 2. The van der Waals surface area contributed by atoms with Crippen LogP contribution in [0.1, 0.15) is 12.8 Å². The average Bonchev–Trinajstić information content (AvgIpc) is 3.43. The maximum absolute atomic E-state index is 12.7. The van der Waals surface area contributed by atoms with Crippen LogP contribution in [-0.4, -0.2) is 40.4 Å². The molecule has 3 aliphatic rings. The Morgan fingerprint density at radius 2 is 1.68 bits per heavy atom. The van der Waals surface area contributed by atoms with E-state index < -0.39 is 27.1 Å². The Hall–Kier alpha value is -3.41. The molecular weight excluding hydrogens is 516 g/mol. The van der Waals surface area contributed by atoms with Gasteiger partial charge in [0.25, 0.3) is 11.4 Å². The highest BCUT2D eigenvalue weighted by Crippen LogP contribution is 2.56. The first-order valence-electron chi connectivity index (χ1n) is 11.5. The van der Waals surface area contributed by atoms with Crippen LogP contribution in [0.5, 0.6) is 0 Å². The van der Waals surface area contributed by atoms with Crippen molar-refractivity contribution in [3.63, 3.8) is 0 Å². The van der Waals surface area contributed by atoms with Crippen LogP contribution < -0.4 is 0 Å². The van der Waals surface area contributed by atoms with Gasteiger partial charge >= 0.3 is 5.97 Å². The molecule has 190 valence electrons. The lowest BCUT2D eigenvalue weighted by Crippen LogP contribution is -2.36. The molecule has 0 unspecified atom stereocenters. The zero-order chi connectivity index (χ0) is 26.3. The molecule has 37 heavy (non-hydrogen) atoms. The van der Waals surface area contributed by atoms with Gasteiger partial charge in [-0.25, -0.2) is 0 Å². The Kier molecular flexibility index (Phi) is 6.93. The van der Waals surface area contributed by atoms with Gasteiger partial charge in [-0.05, 0) is 52.7 Å². The standard InChI is InChI=1S/C26H22N2O7S2/c1-14-17(13-36-20-9-5-3-7-18(20)27(30)31)24-15-11-12-16(26(29)34-2)25(22(15)23(14)35-24)37-21-10-6-4-8-19(21)28(32)33/h3-10,13,16,23-25H,1,11-12H2,2H3/b17-13-/t16-,23+,24+,25-/m0/s1. The summed E-state index contributed by atoms with van der Waals surface area (Å²) >= 11 is 2.54. The molecule has 0 radical (unpaired) electrons. The van der Waals surface area contributed by atoms with E-state index in [0.29, 0.717) is 22.6 Å². The number of carbonyl (C=O) groups excluding carboxylic acids is 1. The second-order valence-corrected chi connectivity index (χ2v) is 10.8. The topological polar surface area (TPSA) is 122 Å². The molecule has 1 aliphatic carbocycles. The van der Waals surface area contributed by atoms with E-state index in [9.17, 15) is 25.0 Å². The number of esters is 1. The van der Waals surface area contributed by atoms with Crippen molar-refractivity contribution in [1.82, 2.24) is 0 Å². The first-order valence-corrected chi connectivity index (χ1v) is 13.2. The van der Waals surface area contributed by atoms with Gasteiger partial charge in [0.2, 0.25) is 0 Å². The summed E-state index contributed by atoms with van der Waals surface area (Å²) in [5.41, 5.74) is 3.56. The van der Waals surface area contributed by atoms with Gasteiger partial charge in [-0.1, -0.05) is 42.6 Å². The quantitative estimate of drug-likeness (QED) is 0.140. The molecule has 9 nitrogen and oxygen atoms in total. The molecular formula is C26H22N2O7S2. The van der Waals surface area contributed by atoms with Crippen molar-refractivity contribution in [2.75, 3.05) is 7.11 Å². The average molecular weight is 539 g/mol. The molecule has 2 aromatic rings. The first kappa shape index (κ1) is 25.2. The molecule has 11 heteroatoms. The number of fused-ring (bicyclic) bond motifs is 4. The zero-order valence-corrected chi connectivity index (χ0v) is 21.3. The minimum absolute atomic E-state index is 0.0202. The Balaban J connectivity index is 1.50. The van der Waals surface area contributed by atoms with Crippen molar-refractivity contribution in [1.29, 1.82) is 0 Å². The van der Waals surface area contributed by atoms with Crippen molar-refractivity contribution in [2.24, 2.45) is 5.92 Å². The largest absolute Gasteiger partial charge is 0.469 e. The monoisotopic (exact) mass is 538 g/mol. The van der Waals surface area contributed by atoms with Gasteiger partial charge in [-0.15, -0.1) is 11.8 Å². The summed E-state index contributed by atoms with van der Waals surface area (Å²) in [4.78, 5) is 35.9. The number of para-hydroxylation sites is 2. The van der Waals surface area contributed by atoms with Gasteiger partial charge < -0.3 is 9.47 Å². The first-order chi connectivity index (χ1) is 17.8. The molecule has 0 amide bonds. The lowest BCUT2D eigenvalue weighted by molar-refractivity contribution is -0.387. The summed E-state index contributed by atoms with van der Waals surface area (Å²) in [6, 6.07) is 13.0. The van der Waals surface area contributed by atoms with Crippen LogP contribution in [0.3, 0.4) is 0 Å². The van der Waals surface area contributed by atoms with Crippen molar-refractivity contribution < 1.29 is 24.1 Å². The van der Waals surface area contributed by atoms with Crippen LogP contribution in [-0.2, 0) is 14.3 Å². The van der Waals surface area contributed by atoms with E-state index in [2.05, 4.69) is 6.58 Å². The number of ether oxygens (including phenoxy) is 2. The number of carbonyl (C=O) groups is 1. The number of nitrogens with zero attached hydrogens (tertiary/aromatic N) is 2. The van der Waals surface area contributed by atoms with E-state index in [1.54, 1.807) is 36.4 Å². The Labute approximate surface area is 220 Å². The third-order valence-corrected chi connectivity index (χ3v) is 9.21. The lowest BCUT2D eigenvalue weighted by Gasteiger charge is -2.35. The summed E-state index contributed by atoms with van der Waals surface area (Å²) in [7, 11) is 1.34. The highest BCUT2D eigenvalue weighted by Gasteiger charge is 2.53. The number of hydrogen-bond donors (Lipinski definition) is 0. The van der Waals surface area contributed by atoms with E-state index >= 15 is 0 Å². The van der Waals surface area contributed by atoms with Crippen LogP contribution in [0.4, 0.5) is 11.4 Å². The molecule has 0 spiro atoms. The number of nitro benzene ring substituents is 2. The van der Waals surface area contributed by atoms with Crippen LogP contribution in [0.15, 0.2) is 92.6 Å². The van der Waals surface area contributed by atoms with E-state index in [4.69, 9.17) is 9.47 Å². The third kappa shape index (κ3) is 4.47. The van der Waals surface area contributed by atoms with E-state index in [0.717, 1.165) is 22.3 Å². The summed E-state index contributed by atoms with van der Waals surface area (Å²) in [6.07, 6.45) is 0.305. The molecule has 1 saturated heterocycles. The minimum atomic E-state index is -0.488. The fourth-order valence-electron chi connectivity index (χ4n) is 5.10. The third-order valence-electron chi connectivity index (χ3n) is 6.80. The van der Waals surface area contributed by atoms with Crippen LogP contribution in [0.2, 0.25) is 0 Å². The van der Waals surface area contributed by atoms with Crippen molar-refractivity contribution >= 4 is 40.9 Å². The molecule has 0 saturated carbocycles. The van der Waals surface area contributed by atoms with Gasteiger partial charge in [0, 0.05) is 17.4 Å². The Morgan fingerprint density at radius 1 is 1.05 bits per heavy atom.